The van der Waals surface area contributed by atoms with E-state index in [1.165, 1.54) is 5.56 Å². The van der Waals surface area contributed by atoms with Crippen LogP contribution >= 0.6 is 31.9 Å². The molecule has 49 heavy (non-hydrogen) atoms. The number of benzene rings is 6. The molecule has 0 saturated carbocycles. The van der Waals surface area contributed by atoms with Crippen molar-refractivity contribution in [3.8, 4) is 33.4 Å². The van der Waals surface area contributed by atoms with E-state index in [9.17, 15) is 14.4 Å². The van der Waals surface area contributed by atoms with Crippen LogP contribution in [0.1, 0.15) is 26.3 Å². The molecule has 0 saturated heterocycles. The van der Waals surface area contributed by atoms with Crippen LogP contribution in [0.5, 0.6) is 0 Å². The van der Waals surface area contributed by atoms with Crippen molar-refractivity contribution in [2.24, 2.45) is 0 Å². The monoisotopic (exact) mass is 763 g/mol. The molecule has 3 aromatic heterocycles. The van der Waals surface area contributed by atoms with Crippen molar-refractivity contribution in [2.75, 3.05) is 0 Å². The summed E-state index contributed by atoms with van der Waals surface area (Å²) in [5.41, 5.74) is 7.29. The van der Waals surface area contributed by atoms with Gasteiger partial charge >= 0.3 is 0 Å². The second-order valence-corrected chi connectivity index (χ2v) is 15.8. The highest BCUT2D eigenvalue weighted by Gasteiger charge is 2.25. The molecule has 4 nitrogen and oxygen atoms in total. The van der Waals surface area contributed by atoms with Gasteiger partial charge in [-0.1, -0.05) is 101 Å². The van der Waals surface area contributed by atoms with Crippen molar-refractivity contribution < 1.29 is 0 Å². The molecule has 0 aliphatic carbocycles. The van der Waals surface area contributed by atoms with Gasteiger partial charge in [0, 0.05) is 41.3 Å². The zero-order valence-corrected chi connectivity index (χ0v) is 30.0. The standard InChI is InChI=1S/C43H27Br2NO3/c1-43(2,3)28-10-4-22(5-11-28)25-16-31-37-32(17-25)41(48)34-19-27(24-8-14-30(45)15-9-24)21-36-39(34)46(37)38-33(40(31)47)18-26(20-35(38)42(36)49)23-6-12-29(44)13-7-23/h4-21H,1-3H3. The third kappa shape index (κ3) is 4.50. The SMILES string of the molecule is CC(C)(C)c1ccc(-c2cc3c(=O)c4cc(-c5ccc(Br)cc5)cc5c(=O)c6cc(-c7ccc(Br)cc7)cc7c(=O)c(c2)c3n(c54)c67)cc1. The van der Waals surface area contributed by atoms with Crippen molar-refractivity contribution in [3.63, 3.8) is 0 Å². The summed E-state index contributed by atoms with van der Waals surface area (Å²) in [5.74, 6) is 0. The topological polar surface area (TPSA) is 55.6 Å². The van der Waals surface area contributed by atoms with Gasteiger partial charge < -0.3 is 4.40 Å². The highest BCUT2D eigenvalue weighted by molar-refractivity contribution is 9.10. The van der Waals surface area contributed by atoms with Crippen LogP contribution in [-0.2, 0) is 5.41 Å². The Labute approximate surface area is 297 Å². The van der Waals surface area contributed by atoms with Gasteiger partial charge in [0.25, 0.3) is 0 Å². The van der Waals surface area contributed by atoms with Crippen LogP contribution in [0.15, 0.2) is 133 Å². The maximum atomic E-state index is 14.7. The van der Waals surface area contributed by atoms with Gasteiger partial charge in [-0.3, -0.25) is 14.4 Å². The highest BCUT2D eigenvalue weighted by Crippen LogP contribution is 2.38. The van der Waals surface area contributed by atoms with Gasteiger partial charge in [-0.15, -0.1) is 0 Å². The van der Waals surface area contributed by atoms with Crippen LogP contribution < -0.4 is 16.3 Å². The highest BCUT2D eigenvalue weighted by atomic mass is 79.9. The summed E-state index contributed by atoms with van der Waals surface area (Å²) in [6.45, 7) is 6.52. The summed E-state index contributed by atoms with van der Waals surface area (Å²) < 4.78 is 3.88. The number of nitrogens with zero attached hydrogens (tertiary/aromatic N) is 1. The zero-order valence-electron chi connectivity index (χ0n) is 26.8. The van der Waals surface area contributed by atoms with Gasteiger partial charge in [-0.2, -0.15) is 0 Å². The van der Waals surface area contributed by atoms with Crippen molar-refractivity contribution >= 4 is 80.7 Å². The van der Waals surface area contributed by atoms with Gasteiger partial charge in [-0.25, -0.2) is 0 Å². The van der Waals surface area contributed by atoms with Crippen molar-refractivity contribution in [1.82, 2.24) is 4.40 Å². The van der Waals surface area contributed by atoms with E-state index in [-0.39, 0.29) is 21.7 Å². The molecule has 9 rings (SSSR count). The molecule has 6 aromatic carbocycles. The molecule has 236 valence electrons. The van der Waals surface area contributed by atoms with E-state index < -0.39 is 0 Å². The first-order valence-electron chi connectivity index (χ1n) is 16.1. The predicted molar refractivity (Wildman–Crippen MR) is 210 cm³/mol. The molecule has 0 unspecified atom stereocenters. The number of hydrogen-bond donors (Lipinski definition) is 0. The van der Waals surface area contributed by atoms with Crippen molar-refractivity contribution in [3.05, 3.63) is 154 Å². The van der Waals surface area contributed by atoms with E-state index in [0.29, 0.717) is 48.9 Å². The zero-order chi connectivity index (χ0) is 33.9. The molecule has 0 radical (unpaired) electrons. The lowest BCUT2D eigenvalue weighted by molar-refractivity contribution is 0.590. The fourth-order valence-electron chi connectivity index (χ4n) is 7.38. The van der Waals surface area contributed by atoms with Crippen molar-refractivity contribution in [2.45, 2.75) is 26.2 Å². The minimum atomic E-state index is -0.204. The smallest absolute Gasteiger partial charge is 0.197 e. The Balaban J connectivity index is 1.48. The van der Waals surface area contributed by atoms with Crippen LogP contribution in [0, 0.1) is 0 Å². The number of hydrogen-bond acceptors (Lipinski definition) is 3. The average Bonchev–Trinajstić information content (AvgIpc) is 3.10. The number of aromatic nitrogens is 1. The molecule has 0 amide bonds. The number of halogens is 2. The molecule has 3 heterocycles. The van der Waals surface area contributed by atoms with E-state index in [2.05, 4.69) is 76.9 Å². The van der Waals surface area contributed by atoms with Gasteiger partial charge in [-0.05, 0) is 105 Å². The van der Waals surface area contributed by atoms with Gasteiger partial charge in [0.1, 0.15) is 0 Å². The molecule has 0 aliphatic heterocycles. The summed E-state index contributed by atoms with van der Waals surface area (Å²) >= 11 is 7.04. The fraction of sp³-hybridized carbons (Fsp3) is 0.0930. The normalized spacial score (nSPS) is 12.4. The first-order valence-corrected chi connectivity index (χ1v) is 17.7. The van der Waals surface area contributed by atoms with E-state index in [0.717, 1.165) is 42.3 Å². The summed E-state index contributed by atoms with van der Waals surface area (Å²) in [6, 6.07) is 35.4. The van der Waals surface area contributed by atoms with Gasteiger partial charge in [0.15, 0.2) is 16.3 Å². The first-order chi connectivity index (χ1) is 23.5. The Hall–Kier alpha value is -4.91. The Morgan fingerprint density at radius 1 is 0.408 bits per heavy atom. The minimum absolute atomic E-state index is 0.0140. The molecule has 0 bridgehead atoms. The van der Waals surface area contributed by atoms with Gasteiger partial charge in [0.05, 0.1) is 16.6 Å². The van der Waals surface area contributed by atoms with Crippen LogP contribution in [0.2, 0.25) is 0 Å². The third-order valence-electron chi connectivity index (χ3n) is 9.91. The lowest BCUT2D eigenvalue weighted by Crippen LogP contribution is -2.19. The molecule has 0 N–H and O–H groups in total. The van der Waals surface area contributed by atoms with Crippen LogP contribution in [-0.4, -0.2) is 4.40 Å². The Morgan fingerprint density at radius 3 is 0.939 bits per heavy atom. The third-order valence-corrected chi connectivity index (χ3v) is 11.0. The molecule has 6 heteroatoms. The van der Waals surface area contributed by atoms with E-state index >= 15 is 0 Å². The fourth-order valence-corrected chi connectivity index (χ4v) is 7.91. The van der Waals surface area contributed by atoms with E-state index in [1.54, 1.807) is 0 Å². The molecular weight excluding hydrogens is 738 g/mol. The lowest BCUT2D eigenvalue weighted by atomic mass is 9.86. The minimum Gasteiger partial charge on any atom is -0.306 e. The van der Waals surface area contributed by atoms with E-state index in [1.807, 2.05) is 89.3 Å². The van der Waals surface area contributed by atoms with Crippen LogP contribution in [0.4, 0.5) is 0 Å². The summed E-state index contributed by atoms with van der Waals surface area (Å²) in [5, 5.41) is 2.70. The Kier molecular flexibility index (Phi) is 6.49. The van der Waals surface area contributed by atoms with Crippen molar-refractivity contribution in [1.29, 1.82) is 0 Å². The molecular formula is C43H27Br2NO3. The Morgan fingerprint density at radius 2 is 0.673 bits per heavy atom. The largest absolute Gasteiger partial charge is 0.306 e. The van der Waals surface area contributed by atoms with Crippen LogP contribution in [0.25, 0.3) is 82.2 Å². The Bertz CT molecular complexity index is 2790. The van der Waals surface area contributed by atoms with E-state index in [4.69, 9.17) is 0 Å². The second kappa shape index (κ2) is 10.5. The van der Waals surface area contributed by atoms with Crippen LogP contribution in [0.3, 0.4) is 0 Å². The second-order valence-electron chi connectivity index (χ2n) is 13.9. The lowest BCUT2D eigenvalue weighted by Gasteiger charge is -2.21. The summed E-state index contributed by atoms with van der Waals surface area (Å²) in [7, 11) is 0. The average molecular weight is 766 g/mol. The number of pyridine rings is 3. The maximum absolute atomic E-state index is 14.7. The predicted octanol–water partition coefficient (Wildman–Crippen LogP) is 10.8. The van der Waals surface area contributed by atoms with Gasteiger partial charge in [0.2, 0.25) is 0 Å². The quantitative estimate of drug-likeness (QED) is 0.133. The molecule has 0 atom stereocenters. The molecule has 0 spiro atoms. The summed E-state index contributed by atoms with van der Waals surface area (Å²) in [6.07, 6.45) is 0. The maximum Gasteiger partial charge on any atom is 0.197 e. The molecule has 9 aromatic rings. The number of rotatable bonds is 3. The molecule has 0 fully saturated rings. The summed E-state index contributed by atoms with van der Waals surface area (Å²) in [4.78, 5) is 43.9. The molecule has 0 aliphatic rings. The first kappa shape index (κ1) is 30.2.